The van der Waals surface area contributed by atoms with E-state index in [0.717, 1.165) is 64.4 Å². The van der Waals surface area contributed by atoms with Gasteiger partial charge in [0.05, 0.1) is 6.10 Å². The highest BCUT2D eigenvalue weighted by Crippen LogP contribution is 2.25. The molecule has 2 aliphatic rings. The van der Waals surface area contributed by atoms with Crippen LogP contribution in [0.4, 0.5) is 5.69 Å². The monoisotopic (exact) mass is 441 g/mol. The Balaban J connectivity index is 1.27. The van der Waals surface area contributed by atoms with E-state index < -0.39 is 0 Å². The zero-order valence-electron chi connectivity index (χ0n) is 18.9. The van der Waals surface area contributed by atoms with Crippen LogP contribution in [0.3, 0.4) is 0 Å². The van der Waals surface area contributed by atoms with Crippen molar-refractivity contribution in [3.63, 3.8) is 0 Å². The van der Waals surface area contributed by atoms with Crippen LogP contribution in [0, 0.1) is 0 Å². The van der Waals surface area contributed by atoms with E-state index in [1.54, 1.807) is 0 Å². The Bertz CT molecular complexity index is 858. The largest absolute Gasteiger partial charge is 0.491 e. The molecule has 1 aromatic carbocycles. The van der Waals surface area contributed by atoms with Crippen LogP contribution < -0.4 is 9.64 Å². The Morgan fingerprint density at radius 1 is 1.00 bits per heavy atom. The number of ether oxygens (including phenoxy) is 1. The molecule has 1 amide bonds. The predicted molar refractivity (Wildman–Crippen MR) is 128 cm³/mol. The number of benzene rings is 1. The van der Waals surface area contributed by atoms with Crippen molar-refractivity contribution in [3.05, 3.63) is 46.2 Å². The summed E-state index contributed by atoms with van der Waals surface area (Å²) >= 11 is 1.83. The summed E-state index contributed by atoms with van der Waals surface area (Å²) in [6, 6.07) is 10.8. The van der Waals surface area contributed by atoms with Gasteiger partial charge in [0.15, 0.2) is 0 Å². The average molecular weight is 442 g/mol. The topological polar surface area (TPSA) is 36.0 Å². The molecule has 6 heteroatoms. The highest BCUT2D eigenvalue weighted by molar-refractivity contribution is 7.10. The van der Waals surface area contributed by atoms with Gasteiger partial charge < -0.3 is 14.5 Å². The molecule has 5 nitrogen and oxygen atoms in total. The van der Waals surface area contributed by atoms with Crippen molar-refractivity contribution in [1.29, 1.82) is 0 Å². The summed E-state index contributed by atoms with van der Waals surface area (Å²) in [6.45, 7) is 11.0. The molecule has 4 rings (SSSR count). The Kier molecular flexibility index (Phi) is 7.51. The fourth-order valence-corrected chi connectivity index (χ4v) is 5.35. The molecule has 0 bridgehead atoms. The minimum atomic E-state index is 0.195. The van der Waals surface area contributed by atoms with Gasteiger partial charge >= 0.3 is 0 Å². The van der Waals surface area contributed by atoms with Gasteiger partial charge in [0, 0.05) is 68.9 Å². The molecule has 3 heterocycles. The van der Waals surface area contributed by atoms with E-state index >= 15 is 0 Å². The van der Waals surface area contributed by atoms with Gasteiger partial charge in [-0.25, -0.2) is 0 Å². The third-order valence-corrected chi connectivity index (χ3v) is 7.03. The van der Waals surface area contributed by atoms with Gasteiger partial charge in [-0.1, -0.05) is 12.5 Å². The van der Waals surface area contributed by atoms with Crippen molar-refractivity contribution in [2.75, 3.05) is 37.6 Å². The standard InChI is InChI=1S/C25H35N3O2S/c1-20(2)30-23-8-6-7-22(16-23)27-13-11-26(12-14-27)18-24-15-21(19-31-24)17-28-10-5-3-4-9-25(28)29/h6-8,15-16,19-20H,3-5,9-14,17-18H2,1-2H3. The Hall–Kier alpha value is -2.05. The Labute approximate surface area is 190 Å². The molecular formula is C25H35N3O2S. The summed E-state index contributed by atoms with van der Waals surface area (Å²) in [5, 5.41) is 2.24. The molecule has 2 aromatic rings. The number of carbonyl (C=O) groups is 1. The summed E-state index contributed by atoms with van der Waals surface area (Å²) in [6.07, 6.45) is 4.27. The minimum Gasteiger partial charge on any atom is -0.491 e. The van der Waals surface area contributed by atoms with Crippen LogP contribution in [-0.4, -0.2) is 54.5 Å². The number of nitrogens with zero attached hydrogens (tertiary/aromatic N) is 3. The van der Waals surface area contributed by atoms with E-state index in [-0.39, 0.29) is 6.10 Å². The number of hydrogen-bond donors (Lipinski definition) is 0. The van der Waals surface area contributed by atoms with E-state index in [0.29, 0.717) is 12.3 Å². The molecule has 0 saturated carbocycles. The van der Waals surface area contributed by atoms with Crippen LogP contribution in [-0.2, 0) is 17.9 Å². The molecule has 0 aliphatic carbocycles. The number of hydrogen-bond acceptors (Lipinski definition) is 5. The quantitative estimate of drug-likeness (QED) is 0.621. The zero-order valence-corrected chi connectivity index (χ0v) is 19.7. The summed E-state index contributed by atoms with van der Waals surface area (Å²) in [5.41, 5.74) is 2.54. The number of carbonyl (C=O) groups excluding carboxylic acids is 1. The second-order valence-electron chi connectivity index (χ2n) is 8.97. The van der Waals surface area contributed by atoms with Crippen molar-refractivity contribution >= 4 is 22.9 Å². The van der Waals surface area contributed by atoms with Gasteiger partial charge in [-0.15, -0.1) is 11.3 Å². The summed E-state index contributed by atoms with van der Waals surface area (Å²) in [4.78, 5) is 20.7. The molecular weight excluding hydrogens is 406 g/mol. The smallest absolute Gasteiger partial charge is 0.222 e. The fraction of sp³-hybridized carbons (Fsp3) is 0.560. The van der Waals surface area contributed by atoms with Crippen molar-refractivity contribution in [2.45, 2.75) is 58.7 Å². The molecule has 1 aromatic heterocycles. The lowest BCUT2D eigenvalue weighted by Crippen LogP contribution is -2.45. The third kappa shape index (κ3) is 6.23. The summed E-state index contributed by atoms with van der Waals surface area (Å²) < 4.78 is 5.86. The maximum Gasteiger partial charge on any atom is 0.222 e. The zero-order chi connectivity index (χ0) is 21.6. The van der Waals surface area contributed by atoms with Crippen LogP contribution >= 0.6 is 11.3 Å². The minimum absolute atomic E-state index is 0.195. The molecule has 2 saturated heterocycles. The SMILES string of the molecule is CC(C)Oc1cccc(N2CCN(Cc3cc(CN4CCCCCC4=O)cs3)CC2)c1. The first kappa shape index (κ1) is 22.2. The first-order valence-electron chi connectivity index (χ1n) is 11.6. The number of thiophene rings is 1. The highest BCUT2D eigenvalue weighted by Gasteiger charge is 2.20. The number of rotatable bonds is 7. The second-order valence-corrected chi connectivity index (χ2v) is 9.97. The van der Waals surface area contributed by atoms with Gasteiger partial charge in [-0.2, -0.15) is 0 Å². The van der Waals surface area contributed by atoms with Crippen LogP contribution in [0.2, 0.25) is 0 Å². The number of piperazine rings is 1. The molecule has 2 aliphatic heterocycles. The van der Waals surface area contributed by atoms with Gasteiger partial charge in [0.1, 0.15) is 5.75 Å². The molecule has 168 valence electrons. The fourth-order valence-electron chi connectivity index (χ4n) is 4.43. The van der Waals surface area contributed by atoms with Gasteiger partial charge in [-0.3, -0.25) is 9.69 Å². The van der Waals surface area contributed by atoms with Crippen LogP contribution in [0.5, 0.6) is 5.75 Å². The van der Waals surface area contributed by atoms with Crippen molar-refractivity contribution in [2.24, 2.45) is 0 Å². The summed E-state index contributed by atoms with van der Waals surface area (Å²) in [7, 11) is 0. The van der Waals surface area contributed by atoms with E-state index in [4.69, 9.17) is 4.74 Å². The van der Waals surface area contributed by atoms with E-state index in [1.165, 1.54) is 22.5 Å². The Morgan fingerprint density at radius 2 is 1.84 bits per heavy atom. The van der Waals surface area contributed by atoms with Crippen LogP contribution in [0.1, 0.15) is 50.0 Å². The van der Waals surface area contributed by atoms with Gasteiger partial charge in [0.25, 0.3) is 0 Å². The lowest BCUT2D eigenvalue weighted by Gasteiger charge is -2.36. The maximum absolute atomic E-state index is 12.3. The molecule has 0 unspecified atom stereocenters. The lowest BCUT2D eigenvalue weighted by molar-refractivity contribution is -0.131. The van der Waals surface area contributed by atoms with Crippen molar-refractivity contribution < 1.29 is 9.53 Å². The van der Waals surface area contributed by atoms with Gasteiger partial charge in [-0.05, 0) is 55.8 Å². The van der Waals surface area contributed by atoms with E-state index in [1.807, 2.05) is 17.4 Å². The maximum atomic E-state index is 12.3. The molecule has 2 fully saturated rings. The van der Waals surface area contributed by atoms with Gasteiger partial charge in [0.2, 0.25) is 5.91 Å². The second kappa shape index (κ2) is 10.5. The van der Waals surface area contributed by atoms with E-state index in [9.17, 15) is 4.79 Å². The Morgan fingerprint density at radius 3 is 2.65 bits per heavy atom. The highest BCUT2D eigenvalue weighted by atomic mass is 32.1. The average Bonchev–Trinajstić information content (AvgIpc) is 3.09. The molecule has 0 atom stereocenters. The third-order valence-electron chi connectivity index (χ3n) is 6.06. The molecule has 0 radical (unpaired) electrons. The van der Waals surface area contributed by atoms with Crippen molar-refractivity contribution in [3.8, 4) is 5.75 Å². The van der Waals surface area contributed by atoms with Crippen LogP contribution in [0.25, 0.3) is 0 Å². The summed E-state index contributed by atoms with van der Waals surface area (Å²) in [5.74, 6) is 1.27. The van der Waals surface area contributed by atoms with Crippen LogP contribution in [0.15, 0.2) is 35.7 Å². The normalized spacial score (nSPS) is 18.5. The lowest BCUT2D eigenvalue weighted by atomic mass is 10.2. The molecule has 0 N–H and O–H groups in total. The predicted octanol–water partition coefficient (Wildman–Crippen LogP) is 4.76. The number of anilines is 1. The first-order chi connectivity index (χ1) is 15.1. The first-order valence-corrected chi connectivity index (χ1v) is 12.5. The van der Waals surface area contributed by atoms with E-state index in [2.05, 4.69) is 58.2 Å². The molecule has 0 spiro atoms. The number of amides is 1. The number of likely N-dealkylation sites (tertiary alicyclic amines) is 1. The van der Waals surface area contributed by atoms with Crippen molar-refractivity contribution in [1.82, 2.24) is 9.80 Å². The molecule has 31 heavy (non-hydrogen) atoms.